The minimum Gasteiger partial charge on any atom is -0.377 e. The second-order valence-electron chi connectivity index (χ2n) is 5.57. The van der Waals surface area contributed by atoms with E-state index in [2.05, 4.69) is 43.9 Å². The molecule has 1 heterocycles. The second-order valence-corrected chi connectivity index (χ2v) is 5.57. The zero-order valence-electron chi connectivity index (χ0n) is 12.4. The summed E-state index contributed by atoms with van der Waals surface area (Å²) in [7, 11) is 0. The molecular formula is C16H26N2O. The highest BCUT2D eigenvalue weighted by Gasteiger charge is 2.24. The van der Waals surface area contributed by atoms with Crippen molar-refractivity contribution in [1.82, 2.24) is 4.90 Å². The molecule has 3 nitrogen and oxygen atoms in total. The standard InChI is InChI=1S/C16H26N2O/c1-12-6-4-7-15(14(12)3)16(10-17)18-8-5-9-19-13(2)11-18/h4,6-7,13,16H,5,8-11,17H2,1-3H3. The first-order valence-corrected chi connectivity index (χ1v) is 7.25. The second kappa shape index (κ2) is 6.51. The van der Waals surface area contributed by atoms with E-state index in [4.69, 9.17) is 10.5 Å². The molecule has 2 rings (SSSR count). The summed E-state index contributed by atoms with van der Waals surface area (Å²) in [5.41, 5.74) is 10.2. The molecule has 3 heteroatoms. The third kappa shape index (κ3) is 3.35. The fourth-order valence-electron chi connectivity index (χ4n) is 2.92. The van der Waals surface area contributed by atoms with Gasteiger partial charge in [0, 0.05) is 32.3 Å². The molecule has 0 aromatic heterocycles. The van der Waals surface area contributed by atoms with Crippen molar-refractivity contribution >= 4 is 0 Å². The molecular weight excluding hydrogens is 236 g/mol. The maximum absolute atomic E-state index is 6.07. The summed E-state index contributed by atoms with van der Waals surface area (Å²) >= 11 is 0. The van der Waals surface area contributed by atoms with Crippen molar-refractivity contribution in [2.24, 2.45) is 5.73 Å². The molecule has 2 unspecified atom stereocenters. The summed E-state index contributed by atoms with van der Waals surface area (Å²) in [6.07, 6.45) is 1.38. The molecule has 1 aromatic carbocycles. The van der Waals surface area contributed by atoms with Gasteiger partial charge in [-0.3, -0.25) is 4.90 Å². The van der Waals surface area contributed by atoms with Crippen molar-refractivity contribution in [3.8, 4) is 0 Å². The Morgan fingerprint density at radius 1 is 1.42 bits per heavy atom. The fraction of sp³-hybridized carbons (Fsp3) is 0.625. The highest BCUT2D eigenvalue weighted by atomic mass is 16.5. The van der Waals surface area contributed by atoms with Crippen molar-refractivity contribution in [3.63, 3.8) is 0 Å². The number of hydrogen-bond acceptors (Lipinski definition) is 3. The Kier molecular flexibility index (Phi) is 4.97. The molecule has 0 spiro atoms. The Morgan fingerprint density at radius 2 is 2.21 bits per heavy atom. The van der Waals surface area contributed by atoms with Crippen LogP contribution >= 0.6 is 0 Å². The van der Waals surface area contributed by atoms with Gasteiger partial charge in [-0.05, 0) is 43.9 Å². The summed E-state index contributed by atoms with van der Waals surface area (Å²) in [5, 5.41) is 0. The Balaban J connectivity index is 2.25. The van der Waals surface area contributed by atoms with Crippen molar-refractivity contribution in [2.45, 2.75) is 39.3 Å². The SMILES string of the molecule is Cc1cccc(C(CN)N2CCCOC(C)C2)c1C. The molecule has 1 fully saturated rings. The number of nitrogens with two attached hydrogens (primary N) is 1. The van der Waals surface area contributed by atoms with Gasteiger partial charge in [-0.1, -0.05) is 18.2 Å². The van der Waals surface area contributed by atoms with Crippen molar-refractivity contribution in [1.29, 1.82) is 0 Å². The summed E-state index contributed by atoms with van der Waals surface area (Å²) in [5.74, 6) is 0. The van der Waals surface area contributed by atoms with Crippen LogP contribution in [0.2, 0.25) is 0 Å². The van der Waals surface area contributed by atoms with Gasteiger partial charge in [-0.15, -0.1) is 0 Å². The number of ether oxygens (including phenoxy) is 1. The van der Waals surface area contributed by atoms with E-state index in [1.165, 1.54) is 16.7 Å². The predicted octanol–water partition coefficient (Wildman–Crippen LogP) is 2.41. The summed E-state index contributed by atoms with van der Waals surface area (Å²) in [6, 6.07) is 6.83. The van der Waals surface area contributed by atoms with E-state index in [0.29, 0.717) is 18.7 Å². The average Bonchev–Trinajstić information content (AvgIpc) is 2.60. The molecule has 1 aliphatic heterocycles. The molecule has 19 heavy (non-hydrogen) atoms. The summed E-state index contributed by atoms with van der Waals surface area (Å²) < 4.78 is 5.74. The van der Waals surface area contributed by atoms with E-state index >= 15 is 0 Å². The van der Waals surface area contributed by atoms with Crippen molar-refractivity contribution < 1.29 is 4.74 Å². The maximum atomic E-state index is 6.07. The van der Waals surface area contributed by atoms with Crippen LogP contribution in [0.15, 0.2) is 18.2 Å². The Morgan fingerprint density at radius 3 is 2.95 bits per heavy atom. The molecule has 0 amide bonds. The van der Waals surface area contributed by atoms with E-state index in [1.807, 2.05) is 0 Å². The Labute approximate surface area is 116 Å². The van der Waals surface area contributed by atoms with Gasteiger partial charge in [0.05, 0.1) is 6.10 Å². The molecule has 0 radical (unpaired) electrons. The molecule has 1 aromatic rings. The zero-order chi connectivity index (χ0) is 13.8. The van der Waals surface area contributed by atoms with Crippen LogP contribution in [0.3, 0.4) is 0 Å². The van der Waals surface area contributed by atoms with Gasteiger partial charge in [-0.25, -0.2) is 0 Å². The highest BCUT2D eigenvalue weighted by Crippen LogP contribution is 2.26. The van der Waals surface area contributed by atoms with Crippen molar-refractivity contribution in [3.05, 3.63) is 34.9 Å². The summed E-state index contributed by atoms with van der Waals surface area (Å²) in [6.45, 7) is 10.1. The molecule has 1 aliphatic rings. The van der Waals surface area contributed by atoms with E-state index in [9.17, 15) is 0 Å². The normalized spacial score (nSPS) is 23.1. The first-order chi connectivity index (χ1) is 9.13. The highest BCUT2D eigenvalue weighted by molar-refractivity contribution is 5.35. The number of rotatable bonds is 3. The van der Waals surface area contributed by atoms with E-state index in [1.54, 1.807) is 0 Å². The lowest BCUT2D eigenvalue weighted by atomic mass is 9.96. The van der Waals surface area contributed by atoms with Crippen molar-refractivity contribution in [2.75, 3.05) is 26.2 Å². The zero-order valence-corrected chi connectivity index (χ0v) is 12.4. The smallest absolute Gasteiger partial charge is 0.0674 e. The van der Waals surface area contributed by atoms with Crippen LogP contribution in [0.4, 0.5) is 0 Å². The van der Waals surface area contributed by atoms with Crippen LogP contribution in [0.5, 0.6) is 0 Å². The lowest BCUT2D eigenvalue weighted by molar-refractivity contribution is 0.0611. The number of hydrogen-bond donors (Lipinski definition) is 1. The summed E-state index contributed by atoms with van der Waals surface area (Å²) in [4.78, 5) is 2.49. The lowest BCUT2D eigenvalue weighted by Crippen LogP contribution is -2.38. The lowest BCUT2D eigenvalue weighted by Gasteiger charge is -2.32. The first-order valence-electron chi connectivity index (χ1n) is 7.25. The van der Waals surface area contributed by atoms with Gasteiger partial charge in [0.15, 0.2) is 0 Å². The third-order valence-corrected chi connectivity index (χ3v) is 4.15. The molecule has 1 saturated heterocycles. The first kappa shape index (κ1) is 14.5. The van der Waals surface area contributed by atoms with E-state index in [-0.39, 0.29) is 0 Å². The van der Waals surface area contributed by atoms with Crippen LogP contribution in [-0.4, -0.2) is 37.2 Å². The van der Waals surface area contributed by atoms with Crippen LogP contribution < -0.4 is 5.73 Å². The van der Waals surface area contributed by atoms with Gasteiger partial charge >= 0.3 is 0 Å². The fourth-order valence-corrected chi connectivity index (χ4v) is 2.92. The quantitative estimate of drug-likeness (QED) is 0.909. The van der Waals surface area contributed by atoms with Gasteiger partial charge in [-0.2, -0.15) is 0 Å². The Bertz CT molecular complexity index is 419. The van der Waals surface area contributed by atoms with Crippen LogP contribution in [0.1, 0.15) is 36.1 Å². The Hall–Kier alpha value is -0.900. The molecule has 2 N–H and O–H groups in total. The topological polar surface area (TPSA) is 38.5 Å². The van der Waals surface area contributed by atoms with Crippen LogP contribution in [-0.2, 0) is 4.74 Å². The molecule has 0 aliphatic carbocycles. The molecule has 2 atom stereocenters. The van der Waals surface area contributed by atoms with E-state index in [0.717, 1.165) is 26.1 Å². The van der Waals surface area contributed by atoms with Gasteiger partial charge in [0.2, 0.25) is 0 Å². The maximum Gasteiger partial charge on any atom is 0.0674 e. The minimum atomic E-state index is 0.293. The number of benzene rings is 1. The number of aryl methyl sites for hydroxylation is 1. The van der Waals surface area contributed by atoms with Gasteiger partial charge in [0.1, 0.15) is 0 Å². The average molecular weight is 262 g/mol. The van der Waals surface area contributed by atoms with Crippen LogP contribution in [0, 0.1) is 13.8 Å². The molecule has 0 bridgehead atoms. The largest absolute Gasteiger partial charge is 0.377 e. The molecule has 0 saturated carbocycles. The number of nitrogens with zero attached hydrogens (tertiary/aromatic N) is 1. The van der Waals surface area contributed by atoms with Gasteiger partial charge < -0.3 is 10.5 Å². The third-order valence-electron chi connectivity index (χ3n) is 4.15. The molecule has 106 valence electrons. The van der Waals surface area contributed by atoms with Gasteiger partial charge in [0.25, 0.3) is 0 Å². The predicted molar refractivity (Wildman–Crippen MR) is 79.3 cm³/mol. The van der Waals surface area contributed by atoms with Crippen LogP contribution in [0.25, 0.3) is 0 Å². The minimum absolute atomic E-state index is 0.293. The monoisotopic (exact) mass is 262 g/mol. The van der Waals surface area contributed by atoms with E-state index < -0.39 is 0 Å².